The van der Waals surface area contributed by atoms with E-state index in [-0.39, 0.29) is 65.5 Å². The maximum atomic E-state index is 13.6. The van der Waals surface area contributed by atoms with Gasteiger partial charge in [0.15, 0.2) is 5.69 Å². The highest BCUT2D eigenvalue weighted by atomic mass is 35.5. The van der Waals surface area contributed by atoms with E-state index in [0.29, 0.717) is 67.3 Å². The molecule has 6 amide bonds. The molecule has 368 valence electrons. The summed E-state index contributed by atoms with van der Waals surface area (Å²) in [5, 5.41) is 19.0. The summed E-state index contributed by atoms with van der Waals surface area (Å²) < 4.78 is 7.09. The van der Waals surface area contributed by atoms with E-state index in [4.69, 9.17) is 27.9 Å². The Kier molecular flexibility index (Phi) is 18.7. The molecule has 7 rings (SSSR count). The van der Waals surface area contributed by atoms with Crippen molar-refractivity contribution < 1.29 is 33.5 Å². The first kappa shape index (κ1) is 51.0. The fourth-order valence-corrected chi connectivity index (χ4v) is 8.76. The number of amides is 6. The van der Waals surface area contributed by atoms with Gasteiger partial charge in [-0.25, -0.2) is 4.68 Å². The molecule has 2 aliphatic rings. The Bertz CT molecular complexity index is 2590. The van der Waals surface area contributed by atoms with Gasteiger partial charge in [-0.3, -0.25) is 39.1 Å². The molecule has 0 aliphatic carbocycles. The van der Waals surface area contributed by atoms with Crippen LogP contribution in [0.5, 0.6) is 0 Å². The molecular formula is C51H58Cl2N10O7. The summed E-state index contributed by atoms with van der Waals surface area (Å²) in [6.07, 6.45) is 8.97. The Morgan fingerprint density at radius 1 is 0.729 bits per heavy atom. The molecule has 5 aromatic rings. The third-order valence-corrected chi connectivity index (χ3v) is 12.6. The number of aromatic nitrogens is 3. The Morgan fingerprint density at radius 3 is 2.14 bits per heavy atom. The van der Waals surface area contributed by atoms with Gasteiger partial charge in [-0.2, -0.15) is 5.10 Å². The second-order valence-electron chi connectivity index (χ2n) is 17.0. The Balaban J connectivity index is 0.718. The number of rotatable bonds is 23. The maximum Gasteiger partial charge on any atom is 0.271 e. The van der Waals surface area contributed by atoms with Crippen molar-refractivity contribution >= 4 is 75.8 Å². The number of piperazine rings is 1. The zero-order chi connectivity index (χ0) is 49.2. The second-order valence-corrected chi connectivity index (χ2v) is 17.9. The van der Waals surface area contributed by atoms with Crippen molar-refractivity contribution in [3.8, 4) is 16.9 Å². The van der Waals surface area contributed by atoms with Gasteiger partial charge in [-0.15, -0.1) is 0 Å². The number of anilines is 3. The van der Waals surface area contributed by atoms with Gasteiger partial charge in [0.1, 0.15) is 11.9 Å². The molecule has 2 aromatic heterocycles. The number of pyridine rings is 1. The van der Waals surface area contributed by atoms with Crippen molar-refractivity contribution in [3.05, 3.63) is 118 Å². The third-order valence-electron chi connectivity index (χ3n) is 12.0. The van der Waals surface area contributed by atoms with Crippen LogP contribution in [-0.2, 0) is 23.9 Å². The summed E-state index contributed by atoms with van der Waals surface area (Å²) in [6, 6.07) is 26.5. The largest absolute Gasteiger partial charge is 0.378 e. The molecule has 0 spiro atoms. The molecule has 2 saturated heterocycles. The Hall–Kier alpha value is -6.82. The fourth-order valence-electron chi connectivity index (χ4n) is 8.19. The standard InChI is InChI=1S/C51H58Cl2N10O7/c52-40-33-41(53)39(32-38(40)42-14-10-11-23-54-42)49(67)58-45-34-44(60-63(45)37-12-6-5-7-13-37)50(68)56-25-31-70-30-24-55-46(64)15-8-3-1-2-4-9-16-48(66)62-28-26-61(27-29-62)36-19-17-35(18-20-36)57-43-21-22-47(65)59-51(43)69/h5-7,10-14,17-20,23,32-34,43,57H,1-4,8-9,15-16,21-22,24-31H2,(H,55,64)(H,56,68)(H,58,67)(H,59,65,69). The van der Waals surface area contributed by atoms with Crippen molar-refractivity contribution in [2.24, 2.45) is 0 Å². The van der Waals surface area contributed by atoms with E-state index >= 15 is 0 Å². The number of imide groups is 1. The normalized spacial score (nSPS) is 14.7. The molecule has 0 bridgehead atoms. The zero-order valence-electron chi connectivity index (χ0n) is 38.9. The number of nitrogens with one attached hydrogen (secondary N) is 5. The van der Waals surface area contributed by atoms with Gasteiger partial charge in [0.2, 0.25) is 23.6 Å². The minimum absolute atomic E-state index is 0.0368. The molecule has 17 nitrogen and oxygen atoms in total. The minimum Gasteiger partial charge on any atom is -0.378 e. The lowest BCUT2D eigenvalue weighted by Gasteiger charge is -2.36. The van der Waals surface area contributed by atoms with Crippen molar-refractivity contribution in [1.29, 1.82) is 0 Å². The van der Waals surface area contributed by atoms with Gasteiger partial charge < -0.3 is 35.8 Å². The molecule has 5 N–H and O–H groups in total. The van der Waals surface area contributed by atoms with Crippen LogP contribution < -0.4 is 31.5 Å². The molecule has 1 atom stereocenters. The molecule has 2 fully saturated rings. The minimum atomic E-state index is -0.532. The molecule has 70 heavy (non-hydrogen) atoms. The monoisotopic (exact) mass is 992 g/mol. The van der Waals surface area contributed by atoms with E-state index in [2.05, 4.69) is 41.6 Å². The lowest BCUT2D eigenvalue weighted by molar-refractivity contribution is -0.134. The fraction of sp³-hybridized carbons (Fsp3) is 0.373. The number of benzene rings is 3. The van der Waals surface area contributed by atoms with Gasteiger partial charge >= 0.3 is 0 Å². The van der Waals surface area contributed by atoms with Gasteiger partial charge in [0.05, 0.1) is 40.2 Å². The number of hydrogen-bond donors (Lipinski definition) is 5. The number of unbranched alkanes of at least 4 members (excludes halogenated alkanes) is 5. The zero-order valence-corrected chi connectivity index (χ0v) is 40.4. The summed E-state index contributed by atoms with van der Waals surface area (Å²) in [7, 11) is 0. The summed E-state index contributed by atoms with van der Waals surface area (Å²) in [5.74, 6) is -1.13. The molecule has 1 unspecified atom stereocenters. The molecule has 0 radical (unpaired) electrons. The molecule has 0 saturated carbocycles. The highest BCUT2D eigenvalue weighted by molar-refractivity contribution is 6.38. The third kappa shape index (κ3) is 14.6. The summed E-state index contributed by atoms with van der Waals surface area (Å²) >= 11 is 12.9. The van der Waals surface area contributed by atoms with Crippen LogP contribution in [-0.4, -0.2) is 114 Å². The van der Waals surface area contributed by atoms with Crippen LogP contribution in [0.25, 0.3) is 16.9 Å². The summed E-state index contributed by atoms with van der Waals surface area (Å²) in [5.41, 5.74) is 3.86. The predicted molar refractivity (Wildman–Crippen MR) is 269 cm³/mol. The highest BCUT2D eigenvalue weighted by Crippen LogP contribution is 2.33. The first-order valence-electron chi connectivity index (χ1n) is 23.8. The van der Waals surface area contributed by atoms with Crippen molar-refractivity contribution in [3.63, 3.8) is 0 Å². The number of halogens is 2. The van der Waals surface area contributed by atoms with Crippen molar-refractivity contribution in [2.45, 2.75) is 70.3 Å². The van der Waals surface area contributed by atoms with E-state index in [1.807, 2.05) is 53.4 Å². The number of carbonyl (C=O) groups excluding carboxylic acids is 6. The summed E-state index contributed by atoms with van der Waals surface area (Å²) in [4.78, 5) is 84.1. The van der Waals surface area contributed by atoms with E-state index < -0.39 is 17.9 Å². The van der Waals surface area contributed by atoms with E-state index in [9.17, 15) is 28.8 Å². The number of ether oxygens (including phenoxy) is 1. The van der Waals surface area contributed by atoms with Crippen LogP contribution in [0.15, 0.2) is 97.2 Å². The summed E-state index contributed by atoms with van der Waals surface area (Å²) in [6.45, 7) is 3.90. The van der Waals surface area contributed by atoms with Crippen LogP contribution in [0.2, 0.25) is 10.0 Å². The molecule has 4 heterocycles. The van der Waals surface area contributed by atoms with Crippen molar-refractivity contribution in [2.75, 3.05) is 68.0 Å². The highest BCUT2D eigenvalue weighted by Gasteiger charge is 2.27. The topological polar surface area (TPSA) is 209 Å². The molecular weight excluding hydrogens is 936 g/mol. The van der Waals surface area contributed by atoms with Crippen LogP contribution in [0.1, 0.15) is 85.1 Å². The molecule has 3 aromatic carbocycles. The SMILES string of the molecule is O=C(CCCCCCCCC(=O)N1CCN(c2ccc(NC3CCC(=O)NC3=O)cc2)CC1)NCCOCCNC(=O)c1cc(NC(=O)c2cc(-c3ccccn3)c(Cl)cc2Cl)n(-c2ccccc2)n1. The number of piperidine rings is 1. The van der Waals surface area contributed by atoms with Crippen LogP contribution in [0.4, 0.5) is 17.2 Å². The van der Waals surface area contributed by atoms with Crippen LogP contribution in [0, 0.1) is 0 Å². The van der Waals surface area contributed by atoms with Gasteiger partial charge in [0, 0.05) is 87.7 Å². The first-order valence-corrected chi connectivity index (χ1v) is 24.5. The lowest BCUT2D eigenvalue weighted by atomic mass is 10.1. The van der Waals surface area contributed by atoms with Crippen molar-refractivity contribution in [1.82, 2.24) is 35.6 Å². The van der Waals surface area contributed by atoms with E-state index in [1.165, 1.54) is 16.8 Å². The van der Waals surface area contributed by atoms with Gasteiger partial charge in [0.25, 0.3) is 11.8 Å². The Morgan fingerprint density at radius 2 is 1.43 bits per heavy atom. The van der Waals surface area contributed by atoms with E-state index in [0.717, 1.165) is 63.0 Å². The molecule has 2 aliphatic heterocycles. The number of para-hydroxylation sites is 1. The van der Waals surface area contributed by atoms with Gasteiger partial charge in [-0.1, -0.05) is 73.2 Å². The number of nitrogens with zero attached hydrogens (tertiary/aromatic N) is 5. The molecule has 19 heteroatoms. The quantitative estimate of drug-likeness (QED) is 0.0331. The van der Waals surface area contributed by atoms with Gasteiger partial charge in [-0.05, 0) is 79.9 Å². The number of hydrogen-bond acceptors (Lipinski definition) is 11. The van der Waals surface area contributed by atoms with Crippen LogP contribution in [0.3, 0.4) is 0 Å². The Labute approximate surface area is 417 Å². The smallest absolute Gasteiger partial charge is 0.271 e. The lowest BCUT2D eigenvalue weighted by Crippen LogP contribution is -2.48. The number of carbonyl (C=O) groups is 6. The van der Waals surface area contributed by atoms with E-state index in [1.54, 1.807) is 36.5 Å². The average molecular weight is 994 g/mol. The second kappa shape index (κ2) is 25.7. The van der Waals surface area contributed by atoms with Crippen LogP contribution >= 0.6 is 23.2 Å². The first-order chi connectivity index (χ1) is 34.0. The average Bonchev–Trinajstić information content (AvgIpc) is 3.79. The predicted octanol–water partition coefficient (Wildman–Crippen LogP) is 7.04. The maximum absolute atomic E-state index is 13.6.